The number of amides is 1. The Labute approximate surface area is 189 Å². The van der Waals surface area contributed by atoms with Crippen LogP contribution in [0.5, 0.6) is 0 Å². The van der Waals surface area contributed by atoms with Crippen LogP contribution < -0.4 is 16.0 Å². The van der Waals surface area contributed by atoms with E-state index >= 15 is 0 Å². The van der Waals surface area contributed by atoms with Crippen molar-refractivity contribution in [1.29, 1.82) is 0 Å². The van der Waals surface area contributed by atoms with Crippen LogP contribution in [-0.4, -0.2) is 59.7 Å². The van der Waals surface area contributed by atoms with Gasteiger partial charge in [0.15, 0.2) is 0 Å². The maximum atomic E-state index is 13.1. The molecule has 3 N–H and O–H groups in total. The molecule has 1 fully saturated rings. The lowest BCUT2D eigenvalue weighted by atomic mass is 9.92. The van der Waals surface area contributed by atoms with Crippen LogP contribution in [0.3, 0.4) is 0 Å². The highest BCUT2D eigenvalue weighted by Gasteiger charge is 2.24. The second kappa shape index (κ2) is 11.6. The number of rotatable bonds is 10. The Hall–Kier alpha value is -2.91. The molecule has 1 saturated carbocycles. The van der Waals surface area contributed by atoms with Gasteiger partial charge in [0.25, 0.3) is 5.91 Å². The Kier molecular flexibility index (Phi) is 8.64. The number of ether oxygens (including phenoxy) is 2. The van der Waals surface area contributed by atoms with E-state index in [1.54, 1.807) is 30.3 Å². The zero-order valence-corrected chi connectivity index (χ0v) is 19.2. The van der Waals surface area contributed by atoms with Crippen molar-refractivity contribution < 1.29 is 14.3 Å². The zero-order valence-electron chi connectivity index (χ0n) is 19.2. The largest absolute Gasteiger partial charge is 0.403 e. The molecule has 0 atom stereocenters. The first-order valence-corrected chi connectivity index (χ1v) is 11.1. The lowest BCUT2D eigenvalue weighted by molar-refractivity contribution is -0.00408. The van der Waals surface area contributed by atoms with Gasteiger partial charge >= 0.3 is 0 Å². The van der Waals surface area contributed by atoms with Crippen molar-refractivity contribution in [3.63, 3.8) is 0 Å². The van der Waals surface area contributed by atoms with Crippen molar-refractivity contribution in [3.8, 4) is 11.3 Å². The highest BCUT2D eigenvalue weighted by molar-refractivity contribution is 5.96. The van der Waals surface area contributed by atoms with E-state index in [9.17, 15) is 4.79 Å². The van der Waals surface area contributed by atoms with Gasteiger partial charge < -0.3 is 25.4 Å². The lowest BCUT2D eigenvalue weighted by Crippen LogP contribution is -2.39. The minimum atomic E-state index is -0.102. The molecule has 3 rings (SSSR count). The SMILES string of the molecule is CCN(/C=C\N)c1cc(C(=O)NC2CCC(OCCOC)CC2)cc(-c2cnn(C)c2)n1. The first kappa shape index (κ1) is 23.7. The lowest BCUT2D eigenvalue weighted by Gasteiger charge is -2.29. The third-order valence-electron chi connectivity index (χ3n) is 5.63. The molecule has 9 nitrogen and oxygen atoms in total. The molecular weight excluding hydrogens is 408 g/mol. The second-order valence-corrected chi connectivity index (χ2v) is 7.94. The summed E-state index contributed by atoms with van der Waals surface area (Å²) in [6, 6.07) is 3.75. The van der Waals surface area contributed by atoms with Crippen molar-refractivity contribution in [2.75, 3.05) is 31.8 Å². The van der Waals surface area contributed by atoms with Gasteiger partial charge in [0, 0.05) is 56.5 Å². The van der Waals surface area contributed by atoms with Gasteiger partial charge in [0.1, 0.15) is 5.82 Å². The summed E-state index contributed by atoms with van der Waals surface area (Å²) in [5.41, 5.74) is 7.72. The summed E-state index contributed by atoms with van der Waals surface area (Å²) in [6.07, 6.45) is 10.7. The molecule has 0 unspecified atom stereocenters. The van der Waals surface area contributed by atoms with Gasteiger partial charge in [-0.3, -0.25) is 9.48 Å². The summed E-state index contributed by atoms with van der Waals surface area (Å²) in [5, 5.41) is 7.43. The van der Waals surface area contributed by atoms with E-state index in [0.29, 0.717) is 36.8 Å². The molecule has 2 heterocycles. The molecule has 0 aromatic carbocycles. The molecule has 0 bridgehead atoms. The summed E-state index contributed by atoms with van der Waals surface area (Å²) < 4.78 is 12.6. The van der Waals surface area contributed by atoms with Crippen LogP contribution in [0, 0.1) is 0 Å². The van der Waals surface area contributed by atoms with Crippen LogP contribution in [0.15, 0.2) is 36.9 Å². The minimum Gasteiger partial charge on any atom is -0.403 e. The van der Waals surface area contributed by atoms with Crippen LogP contribution in [0.25, 0.3) is 11.3 Å². The summed E-state index contributed by atoms with van der Waals surface area (Å²) >= 11 is 0. The van der Waals surface area contributed by atoms with E-state index < -0.39 is 0 Å². The molecular formula is C23H34N6O3. The number of anilines is 1. The minimum absolute atomic E-state index is 0.102. The molecule has 0 aliphatic heterocycles. The summed E-state index contributed by atoms with van der Waals surface area (Å²) in [4.78, 5) is 19.8. The average Bonchev–Trinajstić information content (AvgIpc) is 3.25. The van der Waals surface area contributed by atoms with E-state index in [-0.39, 0.29) is 18.1 Å². The topological polar surface area (TPSA) is 108 Å². The first-order chi connectivity index (χ1) is 15.5. The normalized spacial score (nSPS) is 18.7. The number of nitrogens with two attached hydrogens (primary N) is 1. The van der Waals surface area contributed by atoms with Crippen LogP contribution in [0.4, 0.5) is 5.82 Å². The molecule has 174 valence electrons. The van der Waals surface area contributed by atoms with E-state index in [2.05, 4.69) is 10.4 Å². The van der Waals surface area contributed by atoms with Gasteiger partial charge in [-0.15, -0.1) is 0 Å². The summed E-state index contributed by atoms with van der Waals surface area (Å²) in [5.74, 6) is 0.561. The molecule has 0 saturated heterocycles. The molecule has 0 radical (unpaired) electrons. The van der Waals surface area contributed by atoms with Crippen LogP contribution >= 0.6 is 0 Å². The zero-order chi connectivity index (χ0) is 22.9. The van der Waals surface area contributed by atoms with E-state index in [1.165, 1.54) is 6.20 Å². The predicted molar refractivity (Wildman–Crippen MR) is 124 cm³/mol. The molecule has 9 heteroatoms. The Bertz CT molecular complexity index is 905. The Morgan fingerprint density at radius 1 is 1.31 bits per heavy atom. The fraction of sp³-hybridized carbons (Fsp3) is 0.522. The average molecular weight is 443 g/mol. The van der Waals surface area contributed by atoms with E-state index in [1.807, 2.05) is 31.1 Å². The first-order valence-electron chi connectivity index (χ1n) is 11.1. The monoisotopic (exact) mass is 442 g/mol. The molecule has 1 aliphatic rings. The van der Waals surface area contributed by atoms with Crippen LogP contribution in [0.2, 0.25) is 0 Å². The maximum absolute atomic E-state index is 13.1. The second-order valence-electron chi connectivity index (χ2n) is 7.94. The van der Waals surface area contributed by atoms with Gasteiger partial charge in [-0.25, -0.2) is 4.98 Å². The fourth-order valence-corrected chi connectivity index (χ4v) is 3.88. The van der Waals surface area contributed by atoms with Gasteiger partial charge in [-0.1, -0.05) is 0 Å². The maximum Gasteiger partial charge on any atom is 0.251 e. The van der Waals surface area contributed by atoms with Crippen LogP contribution in [-0.2, 0) is 16.5 Å². The summed E-state index contributed by atoms with van der Waals surface area (Å²) in [7, 11) is 3.53. The Morgan fingerprint density at radius 3 is 2.72 bits per heavy atom. The molecule has 2 aromatic heterocycles. The number of hydrogen-bond donors (Lipinski definition) is 2. The molecule has 0 spiro atoms. The third kappa shape index (κ3) is 6.30. The molecule has 1 aliphatic carbocycles. The van der Waals surface area contributed by atoms with Crippen molar-refractivity contribution in [2.45, 2.75) is 44.8 Å². The van der Waals surface area contributed by atoms with E-state index in [0.717, 1.165) is 31.2 Å². The van der Waals surface area contributed by atoms with Gasteiger partial charge in [0.05, 0.1) is 31.2 Å². The Morgan fingerprint density at radius 2 is 2.09 bits per heavy atom. The van der Waals surface area contributed by atoms with Crippen molar-refractivity contribution >= 4 is 11.7 Å². The predicted octanol–water partition coefficient (Wildman–Crippen LogP) is 2.44. The van der Waals surface area contributed by atoms with Crippen LogP contribution in [0.1, 0.15) is 43.0 Å². The standard InChI is InChI=1S/C23H34N6O3/c1-4-29(10-9-24)22-14-17(13-21(27-22)18-15-25-28(2)16-18)23(30)26-19-5-7-20(8-6-19)32-12-11-31-3/h9-10,13-16,19-20H,4-8,11-12,24H2,1-3H3,(H,26,30)/b10-9-. The number of carbonyl (C=O) groups excluding carboxylic acids is 1. The van der Waals surface area contributed by atoms with Crippen molar-refractivity contribution in [2.24, 2.45) is 12.8 Å². The number of aromatic nitrogens is 3. The van der Waals surface area contributed by atoms with Crippen molar-refractivity contribution in [3.05, 3.63) is 42.5 Å². The highest BCUT2D eigenvalue weighted by atomic mass is 16.5. The van der Waals surface area contributed by atoms with Gasteiger partial charge in [0.2, 0.25) is 0 Å². The Balaban J connectivity index is 1.73. The third-order valence-corrected chi connectivity index (χ3v) is 5.63. The molecule has 32 heavy (non-hydrogen) atoms. The van der Waals surface area contributed by atoms with Gasteiger partial charge in [-0.2, -0.15) is 5.10 Å². The number of methoxy groups -OCH3 is 1. The number of aryl methyl sites for hydroxylation is 1. The smallest absolute Gasteiger partial charge is 0.251 e. The number of carbonyl (C=O) groups is 1. The number of nitrogens with zero attached hydrogens (tertiary/aromatic N) is 4. The number of pyridine rings is 1. The van der Waals surface area contributed by atoms with Gasteiger partial charge in [-0.05, 0) is 44.7 Å². The van der Waals surface area contributed by atoms with Crippen molar-refractivity contribution in [1.82, 2.24) is 20.1 Å². The number of hydrogen-bond acceptors (Lipinski definition) is 7. The molecule has 1 amide bonds. The van der Waals surface area contributed by atoms with E-state index in [4.69, 9.17) is 20.2 Å². The number of nitrogens with one attached hydrogen (secondary N) is 1. The summed E-state index contributed by atoms with van der Waals surface area (Å²) in [6.45, 7) is 3.89. The molecule has 2 aromatic rings. The fourth-order valence-electron chi connectivity index (χ4n) is 3.88. The highest BCUT2D eigenvalue weighted by Crippen LogP contribution is 2.25. The quantitative estimate of drug-likeness (QED) is 0.544.